The highest BCUT2D eigenvalue weighted by atomic mass is 15.4. The Morgan fingerprint density at radius 1 is 1.23 bits per heavy atom. The quantitative estimate of drug-likeness (QED) is 0.412. The average Bonchev–Trinajstić information content (AvgIpc) is 3.44. The predicted molar refractivity (Wildman–Crippen MR) is 126 cm³/mol. The van der Waals surface area contributed by atoms with Gasteiger partial charge in [-0.1, -0.05) is 30.8 Å². The molecule has 2 aromatic rings. The molecule has 1 aromatic carbocycles. The number of aryl methyl sites for hydroxylation is 1. The standard InChI is InChI=1S/C25H33N5/c1-3-28-17(2)21-10-11-23(14-21)30(27)25(16-26)20-7-4-18(5-8-20)22-9-6-19-12-13-29-24(19)15-22/h4-5,7-8,12-13,15-16,21,23,28-29H,2-3,6,9-11,14,26-27H2,1H3/b25-16-. The number of hydrogen-bond acceptors (Lipinski definition) is 4. The van der Waals surface area contributed by atoms with Crippen LogP contribution in [0.2, 0.25) is 0 Å². The number of hydrazine groups is 1. The van der Waals surface area contributed by atoms with Crippen LogP contribution >= 0.6 is 0 Å². The summed E-state index contributed by atoms with van der Waals surface area (Å²) in [6.07, 6.45) is 11.2. The Morgan fingerprint density at radius 3 is 2.77 bits per heavy atom. The van der Waals surface area contributed by atoms with Crippen molar-refractivity contribution < 1.29 is 0 Å². The van der Waals surface area contributed by atoms with Crippen LogP contribution in [0.4, 0.5) is 0 Å². The first-order chi connectivity index (χ1) is 14.6. The highest BCUT2D eigenvalue weighted by Gasteiger charge is 2.31. The lowest BCUT2D eigenvalue weighted by Gasteiger charge is -2.29. The first kappa shape index (κ1) is 20.4. The van der Waals surface area contributed by atoms with Gasteiger partial charge in [0.15, 0.2) is 0 Å². The summed E-state index contributed by atoms with van der Waals surface area (Å²) in [5.41, 5.74) is 14.3. The normalized spacial score (nSPS) is 21.1. The van der Waals surface area contributed by atoms with Gasteiger partial charge in [0.1, 0.15) is 0 Å². The minimum absolute atomic E-state index is 0.271. The number of allylic oxidation sites excluding steroid dienone is 2. The molecule has 0 saturated heterocycles. The van der Waals surface area contributed by atoms with E-state index in [0.29, 0.717) is 5.92 Å². The molecule has 2 unspecified atom stereocenters. The molecular formula is C25H33N5. The van der Waals surface area contributed by atoms with Crippen molar-refractivity contribution in [2.75, 3.05) is 6.54 Å². The van der Waals surface area contributed by atoms with Gasteiger partial charge in [0.05, 0.1) is 5.70 Å². The van der Waals surface area contributed by atoms with E-state index >= 15 is 0 Å². The van der Waals surface area contributed by atoms with Crippen LogP contribution in [-0.4, -0.2) is 22.6 Å². The molecule has 0 bridgehead atoms. The summed E-state index contributed by atoms with van der Waals surface area (Å²) < 4.78 is 0. The molecule has 2 atom stereocenters. The Hall–Kier alpha value is -2.92. The number of aromatic amines is 1. The van der Waals surface area contributed by atoms with Gasteiger partial charge in [0, 0.05) is 47.9 Å². The van der Waals surface area contributed by atoms with Crippen molar-refractivity contribution in [1.29, 1.82) is 0 Å². The molecule has 1 fully saturated rings. The summed E-state index contributed by atoms with van der Waals surface area (Å²) in [6, 6.07) is 11.0. The lowest BCUT2D eigenvalue weighted by Crippen LogP contribution is -2.38. The van der Waals surface area contributed by atoms with Gasteiger partial charge in [-0.2, -0.15) is 0 Å². The van der Waals surface area contributed by atoms with Gasteiger partial charge in [-0.15, -0.1) is 0 Å². The number of hydrogen-bond donors (Lipinski definition) is 4. The van der Waals surface area contributed by atoms with Gasteiger partial charge in [0.25, 0.3) is 0 Å². The van der Waals surface area contributed by atoms with E-state index in [1.54, 1.807) is 6.20 Å². The molecule has 1 heterocycles. The summed E-state index contributed by atoms with van der Waals surface area (Å²) in [5.74, 6) is 7.01. The second-order valence-corrected chi connectivity index (χ2v) is 8.34. The summed E-state index contributed by atoms with van der Waals surface area (Å²) in [7, 11) is 0. The van der Waals surface area contributed by atoms with Crippen molar-refractivity contribution in [1.82, 2.24) is 15.3 Å². The summed E-state index contributed by atoms with van der Waals surface area (Å²) >= 11 is 0. The van der Waals surface area contributed by atoms with E-state index in [2.05, 4.69) is 60.2 Å². The molecular weight excluding hydrogens is 370 g/mol. The summed E-state index contributed by atoms with van der Waals surface area (Å²) in [4.78, 5) is 3.33. The first-order valence-electron chi connectivity index (χ1n) is 11.0. The van der Waals surface area contributed by atoms with Crippen LogP contribution in [0, 0.1) is 5.92 Å². The molecule has 4 rings (SSSR count). The highest BCUT2D eigenvalue weighted by molar-refractivity contribution is 5.84. The van der Waals surface area contributed by atoms with Gasteiger partial charge < -0.3 is 21.0 Å². The van der Waals surface area contributed by atoms with E-state index in [1.165, 1.54) is 22.4 Å². The maximum Gasteiger partial charge on any atom is 0.0747 e. The van der Waals surface area contributed by atoms with Crippen LogP contribution in [0.5, 0.6) is 0 Å². The Balaban J connectivity index is 1.46. The first-order valence-corrected chi connectivity index (χ1v) is 11.0. The molecule has 1 saturated carbocycles. The molecule has 6 N–H and O–H groups in total. The van der Waals surface area contributed by atoms with Crippen molar-refractivity contribution in [2.45, 2.75) is 45.1 Å². The number of nitrogens with two attached hydrogens (primary N) is 2. The second kappa shape index (κ2) is 8.84. The topological polar surface area (TPSA) is 83.1 Å². The number of H-pyrrole nitrogens is 1. The number of nitrogens with zero attached hydrogens (tertiary/aromatic N) is 1. The lowest BCUT2D eigenvalue weighted by atomic mass is 9.92. The number of fused-ring (bicyclic) bond motifs is 1. The predicted octanol–water partition coefficient (Wildman–Crippen LogP) is 4.23. The van der Waals surface area contributed by atoms with Crippen molar-refractivity contribution in [3.05, 3.63) is 77.4 Å². The fraction of sp³-hybridized carbons (Fsp3) is 0.360. The third-order valence-electron chi connectivity index (χ3n) is 6.53. The van der Waals surface area contributed by atoms with Crippen LogP contribution in [0.25, 0.3) is 17.3 Å². The van der Waals surface area contributed by atoms with Crippen LogP contribution in [-0.2, 0) is 6.42 Å². The maximum atomic E-state index is 6.54. The van der Waals surface area contributed by atoms with Crippen molar-refractivity contribution in [2.24, 2.45) is 17.5 Å². The van der Waals surface area contributed by atoms with E-state index in [4.69, 9.17) is 11.6 Å². The molecule has 2 aliphatic rings. The van der Waals surface area contributed by atoms with E-state index in [9.17, 15) is 0 Å². The molecule has 0 spiro atoms. The van der Waals surface area contributed by atoms with Crippen molar-refractivity contribution in [3.63, 3.8) is 0 Å². The minimum atomic E-state index is 0.271. The number of aromatic nitrogens is 1. The zero-order valence-corrected chi connectivity index (χ0v) is 17.8. The van der Waals surface area contributed by atoms with Crippen LogP contribution in [0.1, 0.15) is 55.0 Å². The Labute approximate surface area is 179 Å². The van der Waals surface area contributed by atoms with Crippen molar-refractivity contribution in [3.8, 4) is 0 Å². The summed E-state index contributed by atoms with van der Waals surface area (Å²) in [5, 5.41) is 5.22. The van der Waals surface area contributed by atoms with Gasteiger partial charge in [-0.3, -0.25) is 0 Å². The Morgan fingerprint density at radius 2 is 2.03 bits per heavy atom. The molecule has 0 radical (unpaired) electrons. The zero-order valence-electron chi connectivity index (χ0n) is 17.8. The van der Waals surface area contributed by atoms with Gasteiger partial charge in [-0.05, 0) is 67.9 Å². The monoisotopic (exact) mass is 403 g/mol. The largest absolute Gasteiger partial charge is 0.403 e. The van der Waals surface area contributed by atoms with Gasteiger partial charge in [-0.25, -0.2) is 5.84 Å². The third-order valence-corrected chi connectivity index (χ3v) is 6.53. The molecule has 5 heteroatoms. The third kappa shape index (κ3) is 4.03. The van der Waals surface area contributed by atoms with Gasteiger partial charge in [0.2, 0.25) is 0 Å². The van der Waals surface area contributed by atoms with Crippen molar-refractivity contribution >= 4 is 17.3 Å². The SMILES string of the molecule is C=C(NCC)C1CCC(N(N)/C(=C\N)c2ccc(C3=Cc4[nH]ccc4CC3)cc2)C1. The van der Waals surface area contributed by atoms with Crippen LogP contribution in [0.3, 0.4) is 0 Å². The smallest absolute Gasteiger partial charge is 0.0747 e. The molecule has 30 heavy (non-hydrogen) atoms. The fourth-order valence-electron chi connectivity index (χ4n) is 4.79. The average molecular weight is 404 g/mol. The van der Waals surface area contributed by atoms with E-state index in [0.717, 1.165) is 55.6 Å². The second-order valence-electron chi connectivity index (χ2n) is 8.34. The highest BCUT2D eigenvalue weighted by Crippen LogP contribution is 2.35. The number of benzene rings is 1. The fourth-order valence-corrected chi connectivity index (χ4v) is 4.79. The lowest BCUT2D eigenvalue weighted by molar-refractivity contribution is 0.301. The summed E-state index contributed by atoms with van der Waals surface area (Å²) in [6.45, 7) is 7.21. The van der Waals surface area contributed by atoms with Gasteiger partial charge >= 0.3 is 0 Å². The zero-order chi connectivity index (χ0) is 21.1. The molecule has 2 aliphatic carbocycles. The Bertz CT molecular complexity index is 950. The van der Waals surface area contributed by atoms with E-state index < -0.39 is 0 Å². The molecule has 1 aromatic heterocycles. The number of nitrogens with one attached hydrogen (secondary N) is 2. The molecule has 0 aliphatic heterocycles. The molecule has 158 valence electrons. The maximum absolute atomic E-state index is 6.54. The Kier molecular flexibility index (Phi) is 6.00. The molecule has 5 nitrogen and oxygen atoms in total. The molecule has 0 amide bonds. The van der Waals surface area contributed by atoms with Crippen LogP contribution < -0.4 is 16.9 Å². The van der Waals surface area contributed by atoms with Crippen LogP contribution in [0.15, 0.2) is 55.0 Å². The number of rotatable bonds is 7. The minimum Gasteiger partial charge on any atom is -0.403 e. The van der Waals surface area contributed by atoms with E-state index in [-0.39, 0.29) is 6.04 Å². The van der Waals surface area contributed by atoms with E-state index in [1.807, 2.05) is 11.2 Å².